The molecule has 1 unspecified atom stereocenters. The van der Waals surface area contributed by atoms with Crippen LogP contribution < -0.4 is 20.5 Å². The quantitative estimate of drug-likeness (QED) is 0.636. The van der Waals surface area contributed by atoms with Crippen LogP contribution in [0.5, 0.6) is 11.5 Å². The van der Waals surface area contributed by atoms with Gasteiger partial charge in [0.25, 0.3) is 0 Å². The van der Waals surface area contributed by atoms with Gasteiger partial charge >= 0.3 is 0 Å². The molecule has 7 heteroatoms. The van der Waals surface area contributed by atoms with Crippen LogP contribution in [0.15, 0.2) is 18.2 Å². The van der Waals surface area contributed by atoms with Crippen molar-refractivity contribution >= 4 is 18.3 Å². The fourth-order valence-electron chi connectivity index (χ4n) is 3.06. The molecule has 0 bridgehead atoms. The third-order valence-corrected chi connectivity index (χ3v) is 4.55. The van der Waals surface area contributed by atoms with Crippen LogP contribution >= 0.6 is 12.4 Å². The van der Waals surface area contributed by atoms with Crippen molar-refractivity contribution in [1.29, 1.82) is 0 Å². The Labute approximate surface area is 162 Å². The Morgan fingerprint density at radius 2 is 2.08 bits per heavy atom. The predicted octanol–water partition coefficient (Wildman–Crippen LogP) is 2.32. The van der Waals surface area contributed by atoms with E-state index in [0.717, 1.165) is 42.7 Å². The molecule has 6 nitrogen and oxygen atoms in total. The molecule has 148 valence electrons. The summed E-state index contributed by atoms with van der Waals surface area (Å²) in [4.78, 5) is 12.2. The minimum atomic E-state index is -0.436. The first-order valence-corrected chi connectivity index (χ1v) is 9.06. The highest BCUT2D eigenvalue weighted by atomic mass is 35.5. The zero-order valence-corrected chi connectivity index (χ0v) is 16.5. The van der Waals surface area contributed by atoms with Crippen LogP contribution in [0.3, 0.4) is 0 Å². The lowest BCUT2D eigenvalue weighted by molar-refractivity contribution is -0.124. The summed E-state index contributed by atoms with van der Waals surface area (Å²) in [5.74, 6) is 1.66. The lowest BCUT2D eigenvalue weighted by Crippen LogP contribution is -2.47. The van der Waals surface area contributed by atoms with Crippen LogP contribution in [-0.4, -0.2) is 45.4 Å². The maximum absolute atomic E-state index is 12.2. The summed E-state index contributed by atoms with van der Waals surface area (Å²) in [6.45, 7) is 4.56. The van der Waals surface area contributed by atoms with E-state index < -0.39 is 6.04 Å². The molecule has 1 aliphatic rings. The van der Waals surface area contributed by atoms with E-state index in [4.69, 9.17) is 19.9 Å². The molecule has 0 saturated carbocycles. The molecule has 3 N–H and O–H groups in total. The number of halogens is 1. The number of carbonyl (C=O) groups is 1. The number of nitrogens with two attached hydrogens (primary N) is 1. The summed E-state index contributed by atoms with van der Waals surface area (Å²) in [5.41, 5.74) is 7.23. The fourth-order valence-corrected chi connectivity index (χ4v) is 3.06. The van der Waals surface area contributed by atoms with Crippen molar-refractivity contribution in [3.63, 3.8) is 0 Å². The summed E-state index contributed by atoms with van der Waals surface area (Å²) in [6, 6.07) is 5.50. The largest absolute Gasteiger partial charge is 0.493 e. The fraction of sp³-hybridized carbons (Fsp3) is 0.632. The van der Waals surface area contributed by atoms with E-state index in [0.29, 0.717) is 26.4 Å². The van der Waals surface area contributed by atoms with E-state index >= 15 is 0 Å². The van der Waals surface area contributed by atoms with E-state index in [-0.39, 0.29) is 24.2 Å². The third kappa shape index (κ3) is 6.67. The van der Waals surface area contributed by atoms with Crippen LogP contribution in [0.4, 0.5) is 0 Å². The lowest BCUT2D eigenvalue weighted by Gasteiger charge is -2.26. The second-order valence-electron chi connectivity index (χ2n) is 6.29. The lowest BCUT2D eigenvalue weighted by atomic mass is 9.92. The molecule has 0 aromatic heterocycles. The number of nitrogens with one attached hydrogen (secondary N) is 1. The summed E-state index contributed by atoms with van der Waals surface area (Å²) in [7, 11) is 1.63. The summed E-state index contributed by atoms with van der Waals surface area (Å²) in [5, 5.41) is 2.95. The van der Waals surface area contributed by atoms with Crippen LogP contribution in [0.1, 0.15) is 31.7 Å². The molecule has 1 fully saturated rings. The number of aryl methyl sites for hydroxylation is 1. The normalized spacial score (nSPS) is 15.7. The molecular weight excluding hydrogens is 356 g/mol. The zero-order valence-electron chi connectivity index (χ0n) is 15.7. The highest BCUT2D eigenvalue weighted by Gasteiger charge is 2.26. The van der Waals surface area contributed by atoms with Gasteiger partial charge in [-0.1, -0.05) is 6.07 Å². The average Bonchev–Trinajstić information content (AvgIpc) is 2.65. The maximum atomic E-state index is 12.2. The van der Waals surface area contributed by atoms with Gasteiger partial charge in [-0.25, -0.2) is 0 Å². The molecule has 1 amide bonds. The summed E-state index contributed by atoms with van der Waals surface area (Å²) in [6.07, 6.45) is 3.43. The Morgan fingerprint density at radius 1 is 1.35 bits per heavy atom. The van der Waals surface area contributed by atoms with Crippen molar-refractivity contribution in [2.45, 2.75) is 38.6 Å². The second kappa shape index (κ2) is 12.0. The van der Waals surface area contributed by atoms with E-state index in [1.54, 1.807) is 7.11 Å². The molecule has 0 aliphatic carbocycles. The number of hydrogen-bond donors (Lipinski definition) is 2. The molecule has 0 radical (unpaired) electrons. The molecule has 1 atom stereocenters. The minimum absolute atomic E-state index is 0. The van der Waals surface area contributed by atoms with Gasteiger partial charge < -0.3 is 25.3 Å². The number of rotatable bonds is 9. The van der Waals surface area contributed by atoms with Crippen molar-refractivity contribution in [3.8, 4) is 11.5 Å². The Kier molecular flexibility index (Phi) is 10.4. The van der Waals surface area contributed by atoms with Crippen molar-refractivity contribution in [3.05, 3.63) is 23.8 Å². The van der Waals surface area contributed by atoms with Crippen molar-refractivity contribution in [2.75, 3.05) is 33.5 Å². The number of ether oxygens (including phenoxy) is 3. The third-order valence-electron chi connectivity index (χ3n) is 4.55. The number of amides is 1. The van der Waals surface area contributed by atoms with Crippen LogP contribution in [-0.2, 0) is 16.0 Å². The number of benzene rings is 1. The van der Waals surface area contributed by atoms with Crippen LogP contribution in [0.25, 0.3) is 0 Å². The highest BCUT2D eigenvalue weighted by molar-refractivity contribution is 5.85. The molecule has 2 rings (SSSR count). The first kappa shape index (κ1) is 22.5. The summed E-state index contributed by atoms with van der Waals surface area (Å²) < 4.78 is 16.2. The molecule has 1 aliphatic heterocycles. The molecule has 1 aromatic rings. The molecule has 0 spiro atoms. The van der Waals surface area contributed by atoms with Gasteiger partial charge in [0.05, 0.1) is 19.8 Å². The van der Waals surface area contributed by atoms with Crippen molar-refractivity contribution in [2.24, 2.45) is 11.7 Å². The van der Waals surface area contributed by atoms with Gasteiger partial charge in [-0.3, -0.25) is 4.79 Å². The van der Waals surface area contributed by atoms with Gasteiger partial charge in [-0.05, 0) is 56.2 Å². The Hall–Kier alpha value is -1.50. The molecule has 1 saturated heterocycles. The number of hydrogen-bond acceptors (Lipinski definition) is 5. The molecule has 1 aromatic carbocycles. The topological polar surface area (TPSA) is 82.8 Å². The molecule has 1 heterocycles. The van der Waals surface area contributed by atoms with Gasteiger partial charge in [-0.2, -0.15) is 0 Å². The van der Waals surface area contributed by atoms with Gasteiger partial charge in [0.2, 0.25) is 5.91 Å². The Balaban J connectivity index is 0.00000338. The highest BCUT2D eigenvalue weighted by Crippen LogP contribution is 2.28. The van der Waals surface area contributed by atoms with Crippen LogP contribution in [0, 0.1) is 5.92 Å². The van der Waals surface area contributed by atoms with E-state index in [2.05, 4.69) is 5.32 Å². The standard InChI is InChI=1S/C19H30N2O4.ClH/c1-3-25-17-13-14(6-7-16(17)23-2)5-4-10-21-19(22)18(20)15-8-11-24-12-9-15;/h6-7,13,15,18H,3-5,8-12,20H2,1-2H3,(H,21,22);1H. The zero-order chi connectivity index (χ0) is 18.1. The first-order valence-electron chi connectivity index (χ1n) is 9.06. The maximum Gasteiger partial charge on any atom is 0.237 e. The minimum Gasteiger partial charge on any atom is -0.493 e. The SMILES string of the molecule is CCOc1cc(CCCNC(=O)C(N)C2CCOCC2)ccc1OC.Cl. The molecule has 26 heavy (non-hydrogen) atoms. The average molecular weight is 387 g/mol. The van der Waals surface area contributed by atoms with Gasteiger partial charge in [0.1, 0.15) is 0 Å². The predicted molar refractivity (Wildman–Crippen MR) is 104 cm³/mol. The Bertz CT molecular complexity index is 550. The van der Waals surface area contributed by atoms with E-state index in [1.165, 1.54) is 0 Å². The number of carbonyl (C=O) groups excluding carboxylic acids is 1. The van der Waals surface area contributed by atoms with Crippen LogP contribution in [0.2, 0.25) is 0 Å². The van der Waals surface area contributed by atoms with Gasteiger partial charge in [0.15, 0.2) is 11.5 Å². The smallest absolute Gasteiger partial charge is 0.237 e. The Morgan fingerprint density at radius 3 is 2.73 bits per heavy atom. The van der Waals surface area contributed by atoms with Gasteiger partial charge in [0, 0.05) is 19.8 Å². The van der Waals surface area contributed by atoms with E-state index in [9.17, 15) is 4.79 Å². The van der Waals surface area contributed by atoms with Crippen molar-refractivity contribution < 1.29 is 19.0 Å². The second-order valence-corrected chi connectivity index (χ2v) is 6.29. The molecular formula is C19H31ClN2O4. The van der Waals surface area contributed by atoms with E-state index in [1.807, 2.05) is 25.1 Å². The monoisotopic (exact) mass is 386 g/mol. The first-order chi connectivity index (χ1) is 12.2. The number of methoxy groups -OCH3 is 1. The van der Waals surface area contributed by atoms with Gasteiger partial charge in [-0.15, -0.1) is 12.4 Å². The van der Waals surface area contributed by atoms with Crippen molar-refractivity contribution in [1.82, 2.24) is 5.32 Å². The summed E-state index contributed by atoms with van der Waals surface area (Å²) >= 11 is 0.